The van der Waals surface area contributed by atoms with Crippen LogP contribution in [0.2, 0.25) is 0 Å². The zero-order chi connectivity index (χ0) is 12.4. The molecule has 3 nitrogen and oxygen atoms in total. The van der Waals surface area contributed by atoms with Gasteiger partial charge < -0.3 is 11.1 Å². The molecule has 0 aromatic carbocycles. The minimum Gasteiger partial charge on any atom is -0.355 e. The van der Waals surface area contributed by atoms with Crippen LogP contribution in [0.5, 0.6) is 0 Å². The number of nitrogens with one attached hydrogen (secondary N) is 1. The summed E-state index contributed by atoms with van der Waals surface area (Å²) in [5, 5.41) is 2.87. The highest BCUT2D eigenvalue weighted by molar-refractivity contribution is 5.81. The van der Waals surface area contributed by atoms with Gasteiger partial charge in [0.05, 0.1) is 6.04 Å². The van der Waals surface area contributed by atoms with Crippen molar-refractivity contribution in [1.82, 2.24) is 5.32 Å². The summed E-state index contributed by atoms with van der Waals surface area (Å²) in [5.74, 6) is 0.798. The van der Waals surface area contributed by atoms with Gasteiger partial charge in [0.15, 0.2) is 0 Å². The number of hydrogen-bond donors (Lipinski definition) is 2. The molecule has 0 aliphatic rings. The molecule has 0 rings (SSSR count). The molecule has 1 atom stereocenters. The van der Waals surface area contributed by atoms with Crippen molar-refractivity contribution in [3.05, 3.63) is 0 Å². The first-order valence-electron chi connectivity index (χ1n) is 6.61. The summed E-state index contributed by atoms with van der Waals surface area (Å²) >= 11 is 0. The molecular weight excluding hydrogens is 200 g/mol. The highest BCUT2D eigenvalue weighted by atomic mass is 16.2. The van der Waals surface area contributed by atoms with Crippen LogP contribution in [-0.4, -0.2) is 18.5 Å². The van der Waals surface area contributed by atoms with Gasteiger partial charge in [-0.3, -0.25) is 4.79 Å². The van der Waals surface area contributed by atoms with E-state index in [2.05, 4.69) is 19.2 Å². The fraction of sp³-hybridized carbons (Fsp3) is 0.923. The van der Waals surface area contributed by atoms with Crippen molar-refractivity contribution in [3.63, 3.8) is 0 Å². The number of amides is 1. The van der Waals surface area contributed by atoms with Crippen LogP contribution in [-0.2, 0) is 4.79 Å². The van der Waals surface area contributed by atoms with E-state index < -0.39 is 0 Å². The molecule has 16 heavy (non-hydrogen) atoms. The maximum atomic E-state index is 11.3. The van der Waals surface area contributed by atoms with Gasteiger partial charge in [-0.05, 0) is 18.8 Å². The third kappa shape index (κ3) is 8.72. The topological polar surface area (TPSA) is 55.1 Å². The van der Waals surface area contributed by atoms with Crippen molar-refractivity contribution in [1.29, 1.82) is 0 Å². The minimum atomic E-state index is -0.332. The Morgan fingerprint density at radius 2 is 1.81 bits per heavy atom. The number of carbonyl (C=O) groups is 1. The second-order valence-electron chi connectivity index (χ2n) is 4.90. The Kier molecular flexibility index (Phi) is 9.30. The van der Waals surface area contributed by atoms with Gasteiger partial charge in [-0.2, -0.15) is 0 Å². The maximum absolute atomic E-state index is 11.3. The Morgan fingerprint density at radius 1 is 1.19 bits per heavy atom. The molecule has 0 bridgehead atoms. The summed E-state index contributed by atoms with van der Waals surface area (Å²) < 4.78 is 0. The first kappa shape index (κ1) is 15.4. The first-order chi connectivity index (χ1) is 7.57. The van der Waals surface area contributed by atoms with Gasteiger partial charge in [-0.25, -0.2) is 0 Å². The SMILES string of the molecule is CC[C@H](N)C(=O)NCCCCCCC(C)C. The number of unbranched alkanes of at least 4 members (excludes halogenated alkanes) is 3. The molecule has 0 saturated carbocycles. The summed E-state index contributed by atoms with van der Waals surface area (Å²) in [5.41, 5.74) is 5.60. The molecule has 96 valence electrons. The number of nitrogens with two attached hydrogens (primary N) is 1. The standard InChI is InChI=1S/C13H28N2O/c1-4-12(14)13(16)15-10-8-6-5-7-9-11(2)3/h11-12H,4-10,14H2,1-3H3,(H,15,16)/t12-/m0/s1. The van der Waals surface area contributed by atoms with Crippen molar-refractivity contribution in [3.8, 4) is 0 Å². The zero-order valence-corrected chi connectivity index (χ0v) is 11.1. The average Bonchev–Trinajstić information content (AvgIpc) is 2.25. The molecule has 1 amide bonds. The van der Waals surface area contributed by atoms with Gasteiger partial charge in [0, 0.05) is 6.54 Å². The van der Waals surface area contributed by atoms with Crippen molar-refractivity contribution in [2.75, 3.05) is 6.54 Å². The smallest absolute Gasteiger partial charge is 0.236 e. The summed E-state index contributed by atoms with van der Waals surface area (Å²) in [6.07, 6.45) is 6.87. The van der Waals surface area contributed by atoms with Crippen LogP contribution >= 0.6 is 0 Å². The summed E-state index contributed by atoms with van der Waals surface area (Å²) in [6, 6.07) is -0.332. The number of hydrogen-bond acceptors (Lipinski definition) is 2. The van der Waals surface area contributed by atoms with E-state index in [-0.39, 0.29) is 11.9 Å². The van der Waals surface area contributed by atoms with E-state index in [9.17, 15) is 4.79 Å². The maximum Gasteiger partial charge on any atom is 0.236 e. The van der Waals surface area contributed by atoms with E-state index in [1.165, 1.54) is 25.7 Å². The fourth-order valence-corrected chi connectivity index (χ4v) is 1.56. The summed E-state index contributed by atoms with van der Waals surface area (Å²) in [7, 11) is 0. The lowest BCUT2D eigenvalue weighted by atomic mass is 10.0. The molecule has 0 heterocycles. The molecule has 0 fully saturated rings. The summed E-state index contributed by atoms with van der Waals surface area (Å²) in [4.78, 5) is 11.3. The predicted octanol–water partition coefficient (Wildman–Crippen LogP) is 2.45. The average molecular weight is 228 g/mol. The predicted molar refractivity (Wildman–Crippen MR) is 69.2 cm³/mol. The van der Waals surface area contributed by atoms with E-state index in [4.69, 9.17) is 5.73 Å². The fourth-order valence-electron chi connectivity index (χ4n) is 1.56. The van der Waals surface area contributed by atoms with Gasteiger partial charge in [-0.1, -0.05) is 46.5 Å². The molecule has 0 aliphatic carbocycles. The lowest BCUT2D eigenvalue weighted by Crippen LogP contribution is -2.40. The molecule has 0 radical (unpaired) electrons. The van der Waals surface area contributed by atoms with Gasteiger partial charge in [0.2, 0.25) is 5.91 Å². The molecule has 0 aromatic rings. The van der Waals surface area contributed by atoms with Crippen LogP contribution in [0.3, 0.4) is 0 Å². The van der Waals surface area contributed by atoms with Crippen LogP contribution in [0.4, 0.5) is 0 Å². The van der Waals surface area contributed by atoms with E-state index in [0.717, 1.165) is 18.9 Å². The van der Waals surface area contributed by atoms with Crippen LogP contribution in [0.15, 0.2) is 0 Å². The molecule has 0 unspecified atom stereocenters. The van der Waals surface area contributed by atoms with Gasteiger partial charge >= 0.3 is 0 Å². The Bertz CT molecular complexity index is 181. The van der Waals surface area contributed by atoms with Crippen LogP contribution < -0.4 is 11.1 Å². The Morgan fingerprint density at radius 3 is 2.38 bits per heavy atom. The second-order valence-corrected chi connectivity index (χ2v) is 4.90. The lowest BCUT2D eigenvalue weighted by molar-refractivity contribution is -0.122. The van der Waals surface area contributed by atoms with Crippen molar-refractivity contribution in [2.24, 2.45) is 11.7 Å². The van der Waals surface area contributed by atoms with E-state index in [1.807, 2.05) is 6.92 Å². The Hall–Kier alpha value is -0.570. The van der Waals surface area contributed by atoms with Crippen molar-refractivity contribution in [2.45, 2.75) is 65.3 Å². The Labute approximate surface area is 100 Å². The molecule has 0 aliphatic heterocycles. The van der Waals surface area contributed by atoms with Gasteiger partial charge in [0.25, 0.3) is 0 Å². The van der Waals surface area contributed by atoms with E-state index >= 15 is 0 Å². The molecule has 0 spiro atoms. The highest BCUT2D eigenvalue weighted by Gasteiger charge is 2.08. The molecule has 0 saturated heterocycles. The largest absolute Gasteiger partial charge is 0.355 e. The molecule has 3 N–H and O–H groups in total. The monoisotopic (exact) mass is 228 g/mol. The zero-order valence-electron chi connectivity index (χ0n) is 11.1. The van der Waals surface area contributed by atoms with E-state index in [1.54, 1.807) is 0 Å². The number of carbonyl (C=O) groups excluding carboxylic acids is 1. The van der Waals surface area contributed by atoms with Gasteiger partial charge in [-0.15, -0.1) is 0 Å². The number of rotatable bonds is 9. The summed E-state index contributed by atoms with van der Waals surface area (Å²) in [6.45, 7) is 7.21. The van der Waals surface area contributed by atoms with Gasteiger partial charge in [0.1, 0.15) is 0 Å². The molecule has 0 aromatic heterocycles. The quantitative estimate of drug-likeness (QED) is 0.596. The van der Waals surface area contributed by atoms with Crippen LogP contribution in [0.25, 0.3) is 0 Å². The minimum absolute atomic E-state index is 0.00956. The van der Waals surface area contributed by atoms with Crippen molar-refractivity contribution >= 4 is 5.91 Å². The van der Waals surface area contributed by atoms with E-state index in [0.29, 0.717) is 6.42 Å². The third-order valence-electron chi connectivity index (χ3n) is 2.78. The van der Waals surface area contributed by atoms with Crippen LogP contribution in [0, 0.1) is 5.92 Å². The second kappa shape index (κ2) is 9.64. The molecule has 3 heteroatoms. The van der Waals surface area contributed by atoms with Crippen LogP contribution in [0.1, 0.15) is 59.3 Å². The van der Waals surface area contributed by atoms with Crippen molar-refractivity contribution < 1.29 is 4.79 Å². The lowest BCUT2D eigenvalue weighted by Gasteiger charge is -2.09. The normalized spacial score (nSPS) is 12.8. The Balaban J connectivity index is 3.24. The third-order valence-corrected chi connectivity index (χ3v) is 2.78. The molecular formula is C13H28N2O. The highest BCUT2D eigenvalue weighted by Crippen LogP contribution is 2.08. The first-order valence-corrected chi connectivity index (χ1v) is 6.61.